The van der Waals surface area contributed by atoms with E-state index in [4.69, 9.17) is 4.98 Å². The third kappa shape index (κ3) is 2.12. The van der Waals surface area contributed by atoms with Crippen molar-refractivity contribution >= 4 is 11.3 Å². The predicted molar refractivity (Wildman–Crippen MR) is 75.3 cm³/mol. The highest BCUT2D eigenvalue weighted by Crippen LogP contribution is 2.50. The number of rotatable bonds is 4. The van der Waals surface area contributed by atoms with Crippen molar-refractivity contribution in [1.29, 1.82) is 0 Å². The first-order chi connectivity index (χ1) is 8.81. The molecule has 3 aliphatic carbocycles. The zero-order valence-corrected chi connectivity index (χ0v) is 11.9. The van der Waals surface area contributed by atoms with Crippen molar-refractivity contribution in [3.8, 4) is 0 Å². The minimum absolute atomic E-state index is 0.702. The van der Waals surface area contributed by atoms with E-state index in [-0.39, 0.29) is 0 Å². The number of fused-ring (bicyclic) bond motifs is 1. The lowest BCUT2D eigenvalue weighted by atomic mass is 9.91. The Labute approximate surface area is 113 Å². The Morgan fingerprint density at radius 3 is 2.89 bits per heavy atom. The summed E-state index contributed by atoms with van der Waals surface area (Å²) in [6.07, 6.45) is 8.15. The van der Waals surface area contributed by atoms with Gasteiger partial charge in [0.2, 0.25) is 0 Å². The number of aromatic nitrogens is 1. The van der Waals surface area contributed by atoms with Crippen LogP contribution in [0.15, 0.2) is 0 Å². The smallest absolute Gasteiger partial charge is 0.0964 e. The molecule has 0 aromatic carbocycles. The Morgan fingerprint density at radius 2 is 2.17 bits per heavy atom. The fraction of sp³-hybridized carbons (Fsp3) is 0.800. The van der Waals surface area contributed by atoms with Crippen LogP contribution in [0.3, 0.4) is 0 Å². The zero-order valence-electron chi connectivity index (χ0n) is 11.1. The topological polar surface area (TPSA) is 24.9 Å². The van der Waals surface area contributed by atoms with Crippen molar-refractivity contribution in [3.63, 3.8) is 0 Å². The Kier molecular flexibility index (Phi) is 2.73. The summed E-state index contributed by atoms with van der Waals surface area (Å²) in [4.78, 5) is 6.63. The number of nitrogens with one attached hydrogen (secondary N) is 1. The van der Waals surface area contributed by atoms with Gasteiger partial charge in [-0.2, -0.15) is 0 Å². The first-order valence-electron chi connectivity index (χ1n) is 7.54. The molecule has 1 N–H and O–H groups in total. The van der Waals surface area contributed by atoms with Gasteiger partial charge in [0.25, 0.3) is 0 Å². The molecule has 0 amide bonds. The highest BCUT2D eigenvalue weighted by Gasteiger charge is 2.38. The maximum absolute atomic E-state index is 5.02. The molecule has 0 bridgehead atoms. The summed E-state index contributed by atoms with van der Waals surface area (Å²) in [6, 6.07) is 0.830. The fourth-order valence-corrected chi connectivity index (χ4v) is 4.59. The second-order valence-corrected chi connectivity index (χ2v) is 7.57. The lowest BCUT2D eigenvalue weighted by molar-refractivity contribution is 0.499. The molecule has 18 heavy (non-hydrogen) atoms. The molecule has 2 saturated carbocycles. The number of hydrogen-bond donors (Lipinski definition) is 1. The van der Waals surface area contributed by atoms with Crippen molar-refractivity contribution in [2.75, 3.05) is 6.54 Å². The lowest BCUT2D eigenvalue weighted by Gasteiger charge is -2.21. The van der Waals surface area contributed by atoms with Crippen LogP contribution in [0.5, 0.6) is 0 Å². The monoisotopic (exact) mass is 262 g/mol. The molecule has 4 rings (SSSR count). The maximum atomic E-state index is 5.02. The summed E-state index contributed by atoms with van der Waals surface area (Å²) >= 11 is 2.02. The third-order valence-electron chi connectivity index (χ3n) is 4.74. The second-order valence-electron chi connectivity index (χ2n) is 6.45. The molecule has 2 fully saturated rings. The highest BCUT2D eigenvalue weighted by atomic mass is 32.1. The van der Waals surface area contributed by atoms with Crippen LogP contribution in [-0.4, -0.2) is 17.6 Å². The molecule has 3 atom stereocenters. The van der Waals surface area contributed by atoms with E-state index >= 15 is 0 Å². The van der Waals surface area contributed by atoms with E-state index in [0.717, 1.165) is 17.9 Å². The second kappa shape index (κ2) is 4.31. The van der Waals surface area contributed by atoms with Crippen LogP contribution in [0.4, 0.5) is 0 Å². The van der Waals surface area contributed by atoms with Crippen molar-refractivity contribution in [2.24, 2.45) is 5.92 Å². The van der Waals surface area contributed by atoms with Gasteiger partial charge in [-0.1, -0.05) is 6.92 Å². The van der Waals surface area contributed by atoms with Crippen molar-refractivity contribution in [2.45, 2.75) is 63.3 Å². The minimum atomic E-state index is 0.702. The van der Waals surface area contributed by atoms with Crippen LogP contribution in [-0.2, 0) is 6.42 Å². The quantitative estimate of drug-likeness (QED) is 0.899. The molecule has 3 heteroatoms. The molecular formula is C15H22N2S. The van der Waals surface area contributed by atoms with Crippen molar-refractivity contribution in [3.05, 3.63) is 15.6 Å². The molecule has 0 radical (unpaired) electrons. The SMILES string of the molecule is CC1CC1c1nc2c(s1)CCCC2CNC1CC1. The Bertz CT molecular complexity index is 449. The average Bonchev–Trinajstić information content (AvgIpc) is 3.27. The standard InChI is InChI=1S/C15H22N2S/c1-9-7-12(9)15-17-14-10(8-16-11-5-6-11)3-2-4-13(14)18-15/h9-12,16H,2-8H2,1H3. The van der Waals surface area contributed by atoms with E-state index < -0.39 is 0 Å². The van der Waals surface area contributed by atoms with Crippen LogP contribution in [0.2, 0.25) is 0 Å². The highest BCUT2D eigenvalue weighted by molar-refractivity contribution is 7.11. The number of nitrogens with zero attached hydrogens (tertiary/aromatic N) is 1. The van der Waals surface area contributed by atoms with Crippen molar-refractivity contribution < 1.29 is 0 Å². The predicted octanol–water partition coefficient (Wildman–Crippen LogP) is 3.44. The van der Waals surface area contributed by atoms with Crippen LogP contribution in [0.25, 0.3) is 0 Å². The van der Waals surface area contributed by atoms with Crippen LogP contribution in [0, 0.1) is 5.92 Å². The Hall–Kier alpha value is -0.410. The first kappa shape index (κ1) is 11.4. The first-order valence-corrected chi connectivity index (χ1v) is 8.36. The van der Waals surface area contributed by atoms with E-state index in [0.29, 0.717) is 5.92 Å². The van der Waals surface area contributed by atoms with Crippen LogP contribution < -0.4 is 5.32 Å². The van der Waals surface area contributed by atoms with Crippen LogP contribution in [0.1, 0.15) is 66.4 Å². The number of thiazole rings is 1. The molecule has 3 aliphatic rings. The number of aryl methyl sites for hydroxylation is 1. The van der Waals surface area contributed by atoms with Gasteiger partial charge in [-0.3, -0.25) is 0 Å². The van der Waals surface area contributed by atoms with E-state index in [9.17, 15) is 0 Å². The zero-order chi connectivity index (χ0) is 12.1. The van der Waals surface area contributed by atoms with E-state index in [1.807, 2.05) is 11.3 Å². The van der Waals surface area contributed by atoms with Crippen molar-refractivity contribution in [1.82, 2.24) is 10.3 Å². The molecule has 2 nitrogen and oxygen atoms in total. The summed E-state index contributed by atoms with van der Waals surface area (Å²) in [7, 11) is 0. The van der Waals surface area contributed by atoms with Gasteiger partial charge in [0.1, 0.15) is 0 Å². The normalized spacial score (nSPS) is 34.4. The number of hydrogen-bond acceptors (Lipinski definition) is 3. The molecule has 0 spiro atoms. The fourth-order valence-electron chi connectivity index (χ4n) is 3.15. The summed E-state index contributed by atoms with van der Waals surface area (Å²) in [5.41, 5.74) is 1.47. The maximum Gasteiger partial charge on any atom is 0.0964 e. The lowest BCUT2D eigenvalue weighted by Crippen LogP contribution is -2.25. The van der Waals surface area contributed by atoms with E-state index in [1.165, 1.54) is 55.8 Å². The Balaban J connectivity index is 1.52. The van der Waals surface area contributed by atoms with Gasteiger partial charge < -0.3 is 5.32 Å². The molecule has 98 valence electrons. The van der Waals surface area contributed by atoms with E-state index in [2.05, 4.69) is 12.2 Å². The molecule has 1 aromatic rings. The molecule has 0 saturated heterocycles. The van der Waals surface area contributed by atoms with Crippen LogP contribution >= 0.6 is 11.3 Å². The van der Waals surface area contributed by atoms with Gasteiger partial charge in [-0.25, -0.2) is 4.98 Å². The Morgan fingerprint density at radius 1 is 1.33 bits per heavy atom. The summed E-state index contributed by atoms with van der Waals surface area (Å²) in [5.74, 6) is 2.40. The molecule has 1 aromatic heterocycles. The van der Waals surface area contributed by atoms with Gasteiger partial charge in [-0.05, 0) is 44.4 Å². The minimum Gasteiger partial charge on any atom is -0.313 e. The largest absolute Gasteiger partial charge is 0.313 e. The van der Waals surface area contributed by atoms with Gasteiger partial charge in [-0.15, -0.1) is 11.3 Å². The van der Waals surface area contributed by atoms with Gasteiger partial charge in [0.15, 0.2) is 0 Å². The van der Waals surface area contributed by atoms with Gasteiger partial charge >= 0.3 is 0 Å². The average molecular weight is 262 g/mol. The summed E-state index contributed by atoms with van der Waals surface area (Å²) in [5, 5.41) is 5.14. The van der Waals surface area contributed by atoms with Gasteiger partial charge in [0, 0.05) is 29.3 Å². The summed E-state index contributed by atoms with van der Waals surface area (Å²) in [6.45, 7) is 3.53. The van der Waals surface area contributed by atoms with Gasteiger partial charge in [0.05, 0.1) is 10.7 Å². The molecular weight excluding hydrogens is 240 g/mol. The molecule has 3 unspecified atom stereocenters. The van der Waals surface area contributed by atoms with E-state index in [1.54, 1.807) is 4.88 Å². The third-order valence-corrected chi connectivity index (χ3v) is 6.01. The molecule has 0 aliphatic heterocycles. The molecule has 1 heterocycles. The summed E-state index contributed by atoms with van der Waals surface area (Å²) < 4.78 is 0.